The summed E-state index contributed by atoms with van der Waals surface area (Å²) in [6.07, 6.45) is -3.04. The molecule has 0 aliphatic carbocycles. The number of aromatic nitrogens is 1. The third-order valence-electron chi connectivity index (χ3n) is 2.75. The van der Waals surface area contributed by atoms with E-state index in [9.17, 15) is 13.2 Å². The van der Waals surface area contributed by atoms with Gasteiger partial charge in [0.2, 0.25) is 0 Å². The normalized spacial score (nSPS) is 12.8. The molecule has 1 aromatic rings. The molecule has 0 aromatic carbocycles. The second-order valence-corrected chi connectivity index (χ2v) is 5.08. The number of oxime groups is 1. The lowest BCUT2D eigenvalue weighted by Crippen LogP contribution is -2.32. The molecule has 0 saturated carbocycles. The molecule has 0 unspecified atom stereocenters. The molecule has 0 fully saturated rings. The van der Waals surface area contributed by atoms with E-state index in [4.69, 9.17) is 10.9 Å². The molecule has 0 spiro atoms. The van der Waals surface area contributed by atoms with Gasteiger partial charge in [-0.05, 0) is 18.1 Å². The fraction of sp³-hybridized carbons (Fsp3) is 0.538. The van der Waals surface area contributed by atoms with Crippen LogP contribution in [0.2, 0.25) is 0 Å². The van der Waals surface area contributed by atoms with Crippen molar-refractivity contribution in [3.63, 3.8) is 0 Å². The lowest BCUT2D eigenvalue weighted by Gasteiger charge is -2.26. The van der Waals surface area contributed by atoms with Crippen molar-refractivity contribution < 1.29 is 18.4 Å². The van der Waals surface area contributed by atoms with Crippen LogP contribution in [0.3, 0.4) is 0 Å². The number of rotatable bonds is 6. The van der Waals surface area contributed by atoms with Crippen LogP contribution >= 0.6 is 0 Å². The van der Waals surface area contributed by atoms with Gasteiger partial charge in [0.15, 0.2) is 0 Å². The van der Waals surface area contributed by atoms with Crippen molar-refractivity contribution in [2.75, 3.05) is 18.0 Å². The van der Waals surface area contributed by atoms with Gasteiger partial charge >= 0.3 is 6.18 Å². The number of hydrogen-bond donors (Lipinski definition) is 2. The third-order valence-corrected chi connectivity index (χ3v) is 2.75. The van der Waals surface area contributed by atoms with E-state index in [2.05, 4.69) is 10.1 Å². The molecule has 0 radical (unpaired) electrons. The number of alkyl halides is 3. The molecular formula is C13H19F3N4O. The van der Waals surface area contributed by atoms with Crippen LogP contribution in [0.4, 0.5) is 19.0 Å². The molecule has 0 saturated heterocycles. The van der Waals surface area contributed by atoms with Gasteiger partial charge in [-0.1, -0.05) is 19.0 Å². The minimum Gasteiger partial charge on any atom is -0.409 e. The maximum atomic E-state index is 12.7. The van der Waals surface area contributed by atoms with Crippen molar-refractivity contribution in [3.05, 3.63) is 23.9 Å². The van der Waals surface area contributed by atoms with Gasteiger partial charge < -0.3 is 15.8 Å². The molecule has 3 N–H and O–H groups in total. The van der Waals surface area contributed by atoms with Crippen LogP contribution in [-0.4, -0.2) is 29.1 Å². The zero-order valence-corrected chi connectivity index (χ0v) is 11.9. The Bertz CT molecular complexity index is 489. The van der Waals surface area contributed by atoms with Crippen LogP contribution in [0.15, 0.2) is 23.5 Å². The number of nitrogens with zero attached hydrogens (tertiary/aromatic N) is 3. The number of halogens is 3. The van der Waals surface area contributed by atoms with Crippen LogP contribution in [0.5, 0.6) is 0 Å². The van der Waals surface area contributed by atoms with Crippen molar-refractivity contribution in [2.45, 2.75) is 26.4 Å². The summed E-state index contributed by atoms with van der Waals surface area (Å²) in [5.41, 5.74) is 4.66. The predicted molar refractivity (Wildman–Crippen MR) is 74.3 cm³/mol. The van der Waals surface area contributed by atoms with Crippen LogP contribution < -0.4 is 10.6 Å². The molecule has 1 aromatic heterocycles. The SMILES string of the molecule is CC(C)CN(CCC(N)=NO)c1cc(C(F)(F)F)ccn1. The summed E-state index contributed by atoms with van der Waals surface area (Å²) < 4.78 is 38.2. The Kier molecular flexibility index (Phi) is 5.80. The molecule has 5 nitrogen and oxygen atoms in total. The first-order valence-electron chi connectivity index (χ1n) is 6.48. The van der Waals surface area contributed by atoms with E-state index in [1.54, 1.807) is 4.90 Å². The minimum absolute atomic E-state index is 0.0238. The maximum absolute atomic E-state index is 12.7. The van der Waals surface area contributed by atoms with Crippen LogP contribution in [-0.2, 0) is 6.18 Å². The largest absolute Gasteiger partial charge is 0.416 e. The second kappa shape index (κ2) is 7.14. The van der Waals surface area contributed by atoms with Gasteiger partial charge in [0.25, 0.3) is 0 Å². The Hall–Kier alpha value is -1.99. The summed E-state index contributed by atoms with van der Waals surface area (Å²) in [6.45, 7) is 4.74. The Morgan fingerprint density at radius 2 is 2.14 bits per heavy atom. The molecule has 1 rings (SSSR count). The summed E-state index contributed by atoms with van der Waals surface area (Å²) in [5.74, 6) is 0.480. The van der Waals surface area contributed by atoms with Crippen molar-refractivity contribution in [2.24, 2.45) is 16.8 Å². The fourth-order valence-corrected chi connectivity index (χ4v) is 1.81. The third kappa shape index (κ3) is 5.49. The highest BCUT2D eigenvalue weighted by atomic mass is 19.4. The zero-order valence-electron chi connectivity index (χ0n) is 11.9. The number of nitrogens with two attached hydrogens (primary N) is 1. The van der Waals surface area contributed by atoms with Crippen molar-refractivity contribution >= 4 is 11.7 Å². The van der Waals surface area contributed by atoms with Crippen molar-refractivity contribution in [1.82, 2.24) is 4.98 Å². The van der Waals surface area contributed by atoms with Crippen molar-refractivity contribution in [1.29, 1.82) is 0 Å². The first kappa shape index (κ1) is 17.1. The second-order valence-electron chi connectivity index (χ2n) is 5.08. The standard InChI is InChI=1S/C13H19F3N4O/c1-9(2)8-20(6-4-11(17)19-21)12-7-10(3-5-18-12)13(14,15)16/h3,5,7,9,21H,4,6,8H2,1-2H3,(H2,17,19). The molecule has 0 aliphatic heterocycles. The number of anilines is 1. The van der Waals surface area contributed by atoms with E-state index in [1.165, 1.54) is 0 Å². The molecule has 21 heavy (non-hydrogen) atoms. The average molecular weight is 304 g/mol. The highest BCUT2D eigenvalue weighted by Crippen LogP contribution is 2.30. The summed E-state index contributed by atoms with van der Waals surface area (Å²) in [7, 11) is 0. The molecule has 0 bridgehead atoms. The number of pyridine rings is 1. The lowest BCUT2D eigenvalue weighted by atomic mass is 10.2. The summed E-state index contributed by atoms with van der Waals surface area (Å²) in [6, 6.07) is 1.94. The Morgan fingerprint density at radius 3 is 2.67 bits per heavy atom. The summed E-state index contributed by atoms with van der Waals surface area (Å²) in [5, 5.41) is 11.4. The highest BCUT2D eigenvalue weighted by molar-refractivity contribution is 5.80. The van der Waals surface area contributed by atoms with Gasteiger partial charge in [-0.2, -0.15) is 13.2 Å². The first-order valence-corrected chi connectivity index (χ1v) is 6.48. The van der Waals surface area contributed by atoms with E-state index in [0.717, 1.165) is 18.3 Å². The smallest absolute Gasteiger partial charge is 0.409 e. The molecule has 0 amide bonds. The summed E-state index contributed by atoms with van der Waals surface area (Å²) >= 11 is 0. The molecule has 118 valence electrons. The van der Waals surface area contributed by atoms with Crippen LogP contribution in [0.1, 0.15) is 25.8 Å². The van der Waals surface area contributed by atoms with Gasteiger partial charge in [-0.3, -0.25) is 0 Å². The van der Waals surface area contributed by atoms with Gasteiger partial charge in [0.1, 0.15) is 11.7 Å². The maximum Gasteiger partial charge on any atom is 0.416 e. The summed E-state index contributed by atoms with van der Waals surface area (Å²) in [4.78, 5) is 5.69. The van der Waals surface area contributed by atoms with E-state index < -0.39 is 11.7 Å². The molecule has 8 heteroatoms. The quantitative estimate of drug-likeness (QED) is 0.367. The van der Waals surface area contributed by atoms with Gasteiger partial charge in [-0.25, -0.2) is 4.98 Å². The molecular weight excluding hydrogens is 285 g/mol. The Balaban J connectivity index is 2.97. The topological polar surface area (TPSA) is 74.7 Å². The molecule has 0 aliphatic rings. The van der Waals surface area contributed by atoms with E-state index in [1.807, 2.05) is 13.8 Å². The first-order chi connectivity index (χ1) is 9.74. The Morgan fingerprint density at radius 1 is 1.48 bits per heavy atom. The fourth-order valence-electron chi connectivity index (χ4n) is 1.81. The van der Waals surface area contributed by atoms with E-state index >= 15 is 0 Å². The highest BCUT2D eigenvalue weighted by Gasteiger charge is 2.31. The van der Waals surface area contributed by atoms with Crippen molar-refractivity contribution in [3.8, 4) is 0 Å². The van der Waals surface area contributed by atoms with Crippen LogP contribution in [0, 0.1) is 5.92 Å². The lowest BCUT2D eigenvalue weighted by molar-refractivity contribution is -0.137. The number of amidine groups is 1. The molecule has 1 heterocycles. The van der Waals surface area contributed by atoms with Gasteiger partial charge in [0, 0.05) is 25.7 Å². The average Bonchev–Trinajstić information content (AvgIpc) is 2.41. The molecule has 0 atom stereocenters. The predicted octanol–water partition coefficient (Wildman–Crippen LogP) is 2.70. The van der Waals surface area contributed by atoms with Crippen LogP contribution in [0.25, 0.3) is 0 Å². The Labute approximate surface area is 121 Å². The van der Waals surface area contributed by atoms with Gasteiger partial charge in [0.05, 0.1) is 5.56 Å². The van der Waals surface area contributed by atoms with E-state index in [0.29, 0.717) is 13.1 Å². The monoisotopic (exact) mass is 304 g/mol. The van der Waals surface area contributed by atoms with Gasteiger partial charge in [-0.15, -0.1) is 0 Å². The zero-order chi connectivity index (χ0) is 16.0. The minimum atomic E-state index is -4.41. The van der Waals surface area contributed by atoms with E-state index in [-0.39, 0.29) is 24.0 Å². The number of hydrogen-bond acceptors (Lipinski definition) is 4.